The van der Waals surface area contributed by atoms with Gasteiger partial charge in [0.1, 0.15) is 0 Å². The zero-order valence-electron chi connectivity index (χ0n) is 9.06. The first kappa shape index (κ1) is 11.0. The van der Waals surface area contributed by atoms with E-state index in [4.69, 9.17) is 11.6 Å². The van der Waals surface area contributed by atoms with Gasteiger partial charge in [-0.3, -0.25) is 9.48 Å². The summed E-state index contributed by atoms with van der Waals surface area (Å²) in [5, 5.41) is 0. The van der Waals surface area contributed by atoms with Crippen molar-refractivity contribution >= 4 is 11.6 Å². The maximum atomic E-state index is 11.7. The lowest BCUT2D eigenvalue weighted by atomic mass is 10.3. The molecule has 0 unspecified atom stereocenters. The van der Waals surface area contributed by atoms with Gasteiger partial charge in [-0.15, -0.1) is 11.6 Å². The van der Waals surface area contributed by atoms with Gasteiger partial charge in [0, 0.05) is 17.6 Å². The van der Waals surface area contributed by atoms with Crippen LogP contribution >= 0.6 is 11.6 Å². The third-order valence-electron chi connectivity index (χ3n) is 2.46. The number of aromatic nitrogens is 2. The second-order valence-corrected chi connectivity index (χ2v) is 3.96. The summed E-state index contributed by atoms with van der Waals surface area (Å²) in [5.74, 6) is 0.427. The summed E-state index contributed by atoms with van der Waals surface area (Å²) < 4.78 is 3.54. The van der Waals surface area contributed by atoms with Crippen LogP contribution in [-0.4, -0.2) is 15.2 Å². The molecular formula is C12H13ClN2O. The second kappa shape index (κ2) is 4.58. The van der Waals surface area contributed by atoms with Gasteiger partial charge in [-0.25, -0.2) is 4.68 Å². The lowest BCUT2D eigenvalue weighted by Crippen LogP contribution is -2.23. The van der Waals surface area contributed by atoms with Crippen molar-refractivity contribution < 1.29 is 0 Å². The molecule has 0 fully saturated rings. The van der Waals surface area contributed by atoms with Crippen molar-refractivity contribution in [2.45, 2.75) is 13.5 Å². The van der Waals surface area contributed by atoms with Crippen LogP contribution in [-0.2, 0) is 6.54 Å². The van der Waals surface area contributed by atoms with E-state index in [1.54, 1.807) is 10.7 Å². The lowest BCUT2D eigenvalue weighted by molar-refractivity contribution is 0.562. The molecule has 0 N–H and O–H groups in total. The van der Waals surface area contributed by atoms with Gasteiger partial charge in [-0.05, 0) is 19.1 Å². The average molecular weight is 237 g/mol. The van der Waals surface area contributed by atoms with E-state index in [0.29, 0.717) is 12.4 Å². The zero-order chi connectivity index (χ0) is 11.5. The molecule has 0 amide bonds. The number of para-hydroxylation sites is 1. The molecule has 2 aromatic rings. The standard InChI is InChI=1S/C12H13ClN2O/c1-10-9-12(16)14(8-7-13)15(10)11-5-3-2-4-6-11/h2-6,9H,7-8H2,1H3. The monoisotopic (exact) mass is 236 g/mol. The highest BCUT2D eigenvalue weighted by Gasteiger charge is 2.08. The minimum Gasteiger partial charge on any atom is -0.268 e. The summed E-state index contributed by atoms with van der Waals surface area (Å²) in [6, 6.07) is 11.4. The Morgan fingerprint density at radius 1 is 1.25 bits per heavy atom. The van der Waals surface area contributed by atoms with Crippen LogP contribution in [0.3, 0.4) is 0 Å². The van der Waals surface area contributed by atoms with E-state index in [9.17, 15) is 4.79 Å². The van der Waals surface area contributed by atoms with Gasteiger partial charge in [-0.2, -0.15) is 0 Å². The van der Waals surface area contributed by atoms with Crippen LogP contribution in [0.25, 0.3) is 5.69 Å². The van der Waals surface area contributed by atoms with E-state index in [2.05, 4.69) is 0 Å². The van der Waals surface area contributed by atoms with Gasteiger partial charge < -0.3 is 0 Å². The molecule has 84 valence electrons. The summed E-state index contributed by atoms with van der Waals surface area (Å²) >= 11 is 5.70. The number of benzene rings is 1. The summed E-state index contributed by atoms with van der Waals surface area (Å²) in [4.78, 5) is 11.7. The molecule has 0 aliphatic rings. The smallest absolute Gasteiger partial charge is 0.267 e. The van der Waals surface area contributed by atoms with Crippen LogP contribution < -0.4 is 5.56 Å². The molecule has 0 atom stereocenters. The van der Waals surface area contributed by atoms with Crippen LogP contribution in [0.15, 0.2) is 41.2 Å². The maximum absolute atomic E-state index is 11.7. The molecular weight excluding hydrogens is 224 g/mol. The third kappa shape index (κ3) is 1.91. The largest absolute Gasteiger partial charge is 0.268 e. The third-order valence-corrected chi connectivity index (χ3v) is 2.63. The first-order valence-electron chi connectivity index (χ1n) is 5.15. The van der Waals surface area contributed by atoms with Crippen molar-refractivity contribution in [3.05, 3.63) is 52.4 Å². The Hall–Kier alpha value is -1.48. The van der Waals surface area contributed by atoms with Crippen molar-refractivity contribution in [3.8, 4) is 5.69 Å². The number of nitrogens with zero attached hydrogens (tertiary/aromatic N) is 2. The molecule has 1 aromatic heterocycles. The van der Waals surface area contributed by atoms with E-state index in [-0.39, 0.29) is 5.56 Å². The van der Waals surface area contributed by atoms with Gasteiger partial charge in [0.05, 0.1) is 12.2 Å². The molecule has 0 spiro atoms. The van der Waals surface area contributed by atoms with Gasteiger partial charge >= 0.3 is 0 Å². The number of aryl methyl sites for hydroxylation is 1. The van der Waals surface area contributed by atoms with Crippen molar-refractivity contribution in [3.63, 3.8) is 0 Å². The predicted octanol–water partition coefficient (Wildman–Crippen LogP) is 2.19. The number of alkyl halides is 1. The maximum Gasteiger partial charge on any atom is 0.267 e. The highest BCUT2D eigenvalue weighted by atomic mass is 35.5. The minimum atomic E-state index is -0.0120. The Bertz CT molecular complexity index is 528. The Morgan fingerprint density at radius 2 is 1.94 bits per heavy atom. The van der Waals surface area contributed by atoms with E-state index in [1.807, 2.05) is 41.9 Å². The van der Waals surface area contributed by atoms with Crippen LogP contribution in [0.2, 0.25) is 0 Å². The first-order valence-corrected chi connectivity index (χ1v) is 5.68. The fourth-order valence-corrected chi connectivity index (χ4v) is 1.97. The van der Waals surface area contributed by atoms with Crippen LogP contribution in [0.5, 0.6) is 0 Å². The summed E-state index contributed by atoms with van der Waals surface area (Å²) in [6.07, 6.45) is 0. The van der Waals surface area contributed by atoms with Crippen molar-refractivity contribution in [1.82, 2.24) is 9.36 Å². The van der Waals surface area contributed by atoms with E-state index in [1.165, 1.54) is 0 Å². The number of hydrogen-bond donors (Lipinski definition) is 0. The van der Waals surface area contributed by atoms with E-state index < -0.39 is 0 Å². The molecule has 0 saturated carbocycles. The molecule has 4 heteroatoms. The van der Waals surface area contributed by atoms with Crippen LogP contribution in [0.4, 0.5) is 0 Å². The molecule has 1 aromatic carbocycles. The van der Waals surface area contributed by atoms with Crippen molar-refractivity contribution in [1.29, 1.82) is 0 Å². The molecule has 0 aliphatic carbocycles. The normalized spacial score (nSPS) is 10.6. The highest BCUT2D eigenvalue weighted by molar-refractivity contribution is 6.17. The highest BCUT2D eigenvalue weighted by Crippen LogP contribution is 2.09. The summed E-state index contributed by atoms with van der Waals surface area (Å²) in [6.45, 7) is 2.43. The molecule has 1 heterocycles. The summed E-state index contributed by atoms with van der Waals surface area (Å²) in [7, 11) is 0. The van der Waals surface area contributed by atoms with E-state index >= 15 is 0 Å². The fraction of sp³-hybridized carbons (Fsp3) is 0.250. The SMILES string of the molecule is Cc1cc(=O)n(CCCl)n1-c1ccccc1. The first-order chi connectivity index (χ1) is 7.74. The molecule has 3 nitrogen and oxygen atoms in total. The predicted molar refractivity (Wildman–Crippen MR) is 65.5 cm³/mol. The van der Waals surface area contributed by atoms with Crippen molar-refractivity contribution in [2.75, 3.05) is 5.88 Å². The van der Waals surface area contributed by atoms with Gasteiger partial charge in [0.2, 0.25) is 0 Å². The topological polar surface area (TPSA) is 26.9 Å². The Balaban J connectivity index is 2.60. The van der Waals surface area contributed by atoms with Crippen molar-refractivity contribution in [2.24, 2.45) is 0 Å². The Kier molecular flexibility index (Phi) is 3.15. The molecule has 0 radical (unpaired) electrons. The molecule has 16 heavy (non-hydrogen) atoms. The number of halogens is 1. The minimum absolute atomic E-state index is 0.0120. The van der Waals surface area contributed by atoms with Crippen LogP contribution in [0, 0.1) is 6.92 Å². The zero-order valence-corrected chi connectivity index (χ0v) is 9.81. The quantitative estimate of drug-likeness (QED) is 0.751. The van der Waals surface area contributed by atoms with Gasteiger partial charge in [-0.1, -0.05) is 18.2 Å². The molecule has 0 bridgehead atoms. The summed E-state index contributed by atoms with van der Waals surface area (Å²) in [5.41, 5.74) is 1.88. The Labute approximate surface area is 98.9 Å². The van der Waals surface area contributed by atoms with Gasteiger partial charge in [0.15, 0.2) is 0 Å². The second-order valence-electron chi connectivity index (χ2n) is 3.58. The fourth-order valence-electron chi connectivity index (χ4n) is 1.81. The number of hydrogen-bond acceptors (Lipinski definition) is 1. The van der Waals surface area contributed by atoms with Crippen LogP contribution in [0.1, 0.15) is 5.69 Å². The van der Waals surface area contributed by atoms with Gasteiger partial charge in [0.25, 0.3) is 5.56 Å². The molecule has 0 saturated heterocycles. The Morgan fingerprint density at radius 3 is 2.56 bits per heavy atom. The average Bonchev–Trinajstić information content (AvgIpc) is 2.56. The molecule has 2 rings (SSSR count). The lowest BCUT2D eigenvalue weighted by Gasteiger charge is -2.12. The van der Waals surface area contributed by atoms with E-state index in [0.717, 1.165) is 11.4 Å². The number of rotatable bonds is 3. The molecule has 0 aliphatic heterocycles.